The van der Waals surface area contributed by atoms with Gasteiger partial charge in [0.05, 0.1) is 4.90 Å². The van der Waals surface area contributed by atoms with Gasteiger partial charge >= 0.3 is 0 Å². The predicted octanol–water partition coefficient (Wildman–Crippen LogP) is 2.40. The molecule has 1 aromatic carbocycles. The van der Waals surface area contributed by atoms with Crippen LogP contribution in [0, 0.1) is 12.8 Å². The molecule has 1 fully saturated rings. The maximum Gasteiger partial charge on any atom is 0.254 e. The molecule has 1 saturated heterocycles. The van der Waals surface area contributed by atoms with Crippen LogP contribution in [0.5, 0.6) is 0 Å². The summed E-state index contributed by atoms with van der Waals surface area (Å²) in [6.07, 6.45) is 2.79. The third kappa shape index (κ3) is 3.58. The van der Waals surface area contributed by atoms with Crippen molar-refractivity contribution in [3.63, 3.8) is 0 Å². The van der Waals surface area contributed by atoms with Crippen LogP contribution >= 0.6 is 0 Å². The maximum absolute atomic E-state index is 13.4. The standard InChI is InChI=1S/C22H27N3O4S/c1-3-5-19-15-10-16(20-6-4-7-21(26)25(19)20)13-24(12-15)22(27)18-11-17(30(23,28)29)9-8-14(18)2/h4,6-9,11,15-16,19H,3,5,10,12-13H2,1-2H3,(H2,23,28,29)/t15-,16+,19-/m0/s1. The number of hydrogen-bond acceptors (Lipinski definition) is 4. The van der Waals surface area contributed by atoms with Crippen molar-refractivity contribution >= 4 is 15.9 Å². The summed E-state index contributed by atoms with van der Waals surface area (Å²) >= 11 is 0. The number of primary sulfonamides is 1. The molecule has 2 aliphatic rings. The molecule has 1 amide bonds. The zero-order valence-electron chi connectivity index (χ0n) is 17.2. The number of aryl methyl sites for hydroxylation is 1. The molecule has 0 spiro atoms. The minimum absolute atomic E-state index is 0.0251. The van der Waals surface area contributed by atoms with Crippen molar-refractivity contribution < 1.29 is 13.2 Å². The van der Waals surface area contributed by atoms with Crippen LogP contribution in [0.2, 0.25) is 0 Å². The number of sulfonamides is 1. The Bertz CT molecular complexity index is 1160. The molecular weight excluding hydrogens is 402 g/mol. The van der Waals surface area contributed by atoms with Crippen LogP contribution in [0.3, 0.4) is 0 Å². The van der Waals surface area contributed by atoms with E-state index in [2.05, 4.69) is 6.92 Å². The number of hydrogen-bond donors (Lipinski definition) is 1. The van der Waals surface area contributed by atoms with Gasteiger partial charge in [-0.1, -0.05) is 25.5 Å². The zero-order valence-corrected chi connectivity index (χ0v) is 18.1. The van der Waals surface area contributed by atoms with Gasteiger partial charge in [-0.25, -0.2) is 13.6 Å². The van der Waals surface area contributed by atoms with Gasteiger partial charge in [0, 0.05) is 42.4 Å². The lowest BCUT2D eigenvalue weighted by Crippen LogP contribution is -2.51. The second kappa shape index (κ2) is 7.67. The average Bonchev–Trinajstić information content (AvgIpc) is 2.70. The Kier molecular flexibility index (Phi) is 5.32. The number of piperidine rings is 1. The molecule has 0 aliphatic carbocycles. The molecule has 3 atom stereocenters. The highest BCUT2D eigenvalue weighted by Gasteiger charge is 2.41. The highest BCUT2D eigenvalue weighted by molar-refractivity contribution is 7.89. The van der Waals surface area contributed by atoms with Gasteiger partial charge in [0.25, 0.3) is 11.5 Å². The number of carbonyl (C=O) groups is 1. The fourth-order valence-corrected chi connectivity index (χ4v) is 5.59. The number of carbonyl (C=O) groups excluding carboxylic acids is 1. The number of aromatic nitrogens is 1. The summed E-state index contributed by atoms with van der Waals surface area (Å²) in [6, 6.07) is 9.88. The Balaban J connectivity index is 1.71. The van der Waals surface area contributed by atoms with Gasteiger partial charge in [0.1, 0.15) is 0 Å². The number of amides is 1. The molecule has 7 nitrogen and oxygen atoms in total. The third-order valence-electron chi connectivity index (χ3n) is 6.44. The number of pyridine rings is 1. The lowest BCUT2D eigenvalue weighted by molar-refractivity contribution is 0.0518. The molecule has 3 heterocycles. The first-order valence-electron chi connectivity index (χ1n) is 10.3. The average molecular weight is 430 g/mol. The number of nitrogens with zero attached hydrogens (tertiary/aromatic N) is 2. The number of likely N-dealkylation sites (tertiary alicyclic amines) is 1. The van der Waals surface area contributed by atoms with Crippen molar-refractivity contribution in [2.24, 2.45) is 11.1 Å². The Morgan fingerprint density at radius 2 is 1.97 bits per heavy atom. The lowest BCUT2D eigenvalue weighted by Gasteiger charge is -2.47. The van der Waals surface area contributed by atoms with E-state index in [0.29, 0.717) is 24.2 Å². The van der Waals surface area contributed by atoms with E-state index in [-0.39, 0.29) is 34.2 Å². The summed E-state index contributed by atoms with van der Waals surface area (Å²) in [7, 11) is -3.89. The van der Waals surface area contributed by atoms with E-state index in [1.165, 1.54) is 12.1 Å². The van der Waals surface area contributed by atoms with Crippen LogP contribution in [-0.2, 0) is 10.0 Å². The fraction of sp³-hybridized carbons (Fsp3) is 0.455. The smallest absolute Gasteiger partial charge is 0.254 e. The summed E-state index contributed by atoms with van der Waals surface area (Å²) in [5.74, 6) is 0.105. The Hall–Kier alpha value is -2.45. The summed E-state index contributed by atoms with van der Waals surface area (Å²) in [6.45, 7) is 4.96. The Labute approximate surface area is 176 Å². The normalized spacial score (nSPS) is 23.2. The first kappa shape index (κ1) is 20.8. The highest BCUT2D eigenvalue weighted by atomic mass is 32.2. The van der Waals surface area contributed by atoms with Crippen molar-refractivity contribution in [1.82, 2.24) is 9.47 Å². The van der Waals surface area contributed by atoms with Gasteiger partial charge in [-0.15, -0.1) is 0 Å². The minimum atomic E-state index is -3.89. The SMILES string of the molecule is CCC[C@H]1[C@H]2C[C@H](CN(C(=O)c3cc(S(N)(=O)=O)ccc3C)C2)c2cccc(=O)n21. The van der Waals surface area contributed by atoms with Crippen molar-refractivity contribution in [3.05, 3.63) is 63.6 Å². The maximum atomic E-state index is 13.4. The molecule has 0 unspecified atom stereocenters. The quantitative estimate of drug-likeness (QED) is 0.806. The van der Waals surface area contributed by atoms with Crippen LogP contribution in [0.1, 0.15) is 59.8 Å². The van der Waals surface area contributed by atoms with Crippen molar-refractivity contribution in [2.75, 3.05) is 13.1 Å². The van der Waals surface area contributed by atoms with Crippen molar-refractivity contribution in [3.8, 4) is 0 Å². The number of rotatable bonds is 4. The molecule has 30 heavy (non-hydrogen) atoms. The van der Waals surface area contributed by atoms with E-state index in [4.69, 9.17) is 5.14 Å². The van der Waals surface area contributed by atoms with Crippen LogP contribution in [0.25, 0.3) is 0 Å². The minimum Gasteiger partial charge on any atom is -0.338 e. The second-order valence-corrected chi connectivity index (χ2v) is 10.0. The molecule has 2 aromatic rings. The first-order valence-corrected chi connectivity index (χ1v) is 11.9. The molecule has 8 heteroatoms. The molecule has 1 aromatic heterocycles. The molecule has 4 rings (SSSR count). The molecular formula is C22H27N3O4S. The first-order chi connectivity index (χ1) is 14.2. The van der Waals surface area contributed by atoms with Gasteiger partial charge < -0.3 is 9.47 Å². The summed E-state index contributed by atoms with van der Waals surface area (Å²) in [5, 5.41) is 5.26. The number of fused-ring (bicyclic) bond motifs is 4. The molecule has 160 valence electrons. The monoisotopic (exact) mass is 429 g/mol. The summed E-state index contributed by atoms with van der Waals surface area (Å²) < 4.78 is 25.5. The van der Waals surface area contributed by atoms with E-state index in [0.717, 1.165) is 25.0 Å². The molecule has 0 saturated carbocycles. The Morgan fingerprint density at radius 1 is 1.20 bits per heavy atom. The predicted molar refractivity (Wildman–Crippen MR) is 114 cm³/mol. The second-order valence-electron chi connectivity index (χ2n) is 8.44. The fourth-order valence-electron chi connectivity index (χ4n) is 5.05. The van der Waals surface area contributed by atoms with Crippen LogP contribution in [0.4, 0.5) is 0 Å². The van der Waals surface area contributed by atoms with E-state index in [1.807, 2.05) is 15.5 Å². The van der Waals surface area contributed by atoms with Gasteiger partial charge in [0.2, 0.25) is 10.0 Å². The third-order valence-corrected chi connectivity index (χ3v) is 7.35. The summed E-state index contributed by atoms with van der Waals surface area (Å²) in [5.41, 5.74) is 2.09. The molecule has 2 aliphatic heterocycles. The molecule has 2 bridgehead atoms. The number of benzene rings is 1. The molecule has 0 radical (unpaired) electrons. The largest absolute Gasteiger partial charge is 0.338 e. The van der Waals surface area contributed by atoms with Gasteiger partial charge in [0.15, 0.2) is 0 Å². The summed E-state index contributed by atoms with van der Waals surface area (Å²) in [4.78, 5) is 27.8. The van der Waals surface area contributed by atoms with Gasteiger partial charge in [-0.2, -0.15) is 0 Å². The number of nitrogens with two attached hydrogens (primary N) is 1. The topological polar surface area (TPSA) is 102 Å². The van der Waals surface area contributed by atoms with E-state index in [1.54, 1.807) is 25.1 Å². The zero-order chi connectivity index (χ0) is 21.6. The van der Waals surface area contributed by atoms with E-state index >= 15 is 0 Å². The van der Waals surface area contributed by atoms with Gasteiger partial charge in [-0.05, 0) is 49.4 Å². The van der Waals surface area contributed by atoms with Crippen LogP contribution in [-0.4, -0.2) is 36.9 Å². The molecule has 2 N–H and O–H groups in total. The lowest BCUT2D eigenvalue weighted by atomic mass is 9.77. The van der Waals surface area contributed by atoms with Crippen molar-refractivity contribution in [2.45, 2.75) is 50.0 Å². The van der Waals surface area contributed by atoms with Gasteiger partial charge in [-0.3, -0.25) is 9.59 Å². The van der Waals surface area contributed by atoms with Crippen LogP contribution in [0.15, 0.2) is 46.1 Å². The van der Waals surface area contributed by atoms with E-state index < -0.39 is 10.0 Å². The van der Waals surface area contributed by atoms with Crippen LogP contribution < -0.4 is 10.7 Å². The van der Waals surface area contributed by atoms with Crippen molar-refractivity contribution in [1.29, 1.82) is 0 Å². The van der Waals surface area contributed by atoms with E-state index in [9.17, 15) is 18.0 Å². The Morgan fingerprint density at radius 3 is 2.67 bits per heavy atom. The highest BCUT2D eigenvalue weighted by Crippen LogP contribution is 2.43.